The highest BCUT2D eigenvalue weighted by atomic mass is 16.6. The molecule has 5 heteroatoms. The summed E-state index contributed by atoms with van der Waals surface area (Å²) in [4.78, 5) is 21.1. The van der Waals surface area contributed by atoms with Crippen molar-refractivity contribution in [3.8, 4) is 0 Å². The smallest absolute Gasteiger partial charge is 0.416 e. The first-order valence-electron chi connectivity index (χ1n) is 8.53. The van der Waals surface area contributed by atoms with Crippen molar-refractivity contribution in [1.82, 2.24) is 9.88 Å². The standard InChI is InChI=1S/C18H27N3O2/c1-18(2,3)23-17(22)21(14-8-9-14)16-10-7-13(12-19-16)15-6-5-11-20(15)4/h7,10,12,14-15H,5-6,8-9,11H2,1-4H3. The Hall–Kier alpha value is -1.62. The highest BCUT2D eigenvalue weighted by molar-refractivity contribution is 5.88. The second-order valence-electron chi connectivity index (χ2n) is 7.67. The molecule has 1 amide bonds. The van der Waals surface area contributed by atoms with Crippen LogP contribution in [0.5, 0.6) is 0 Å². The van der Waals surface area contributed by atoms with Crippen LogP contribution in [0.4, 0.5) is 10.6 Å². The van der Waals surface area contributed by atoms with Gasteiger partial charge in [-0.25, -0.2) is 9.78 Å². The molecule has 5 nitrogen and oxygen atoms in total. The number of aromatic nitrogens is 1. The van der Waals surface area contributed by atoms with Gasteiger partial charge in [-0.3, -0.25) is 9.80 Å². The molecule has 1 aliphatic carbocycles. The van der Waals surface area contributed by atoms with Gasteiger partial charge in [0, 0.05) is 18.3 Å². The summed E-state index contributed by atoms with van der Waals surface area (Å²) in [6, 6.07) is 4.75. The van der Waals surface area contributed by atoms with E-state index in [1.165, 1.54) is 18.4 Å². The quantitative estimate of drug-likeness (QED) is 0.851. The molecule has 3 rings (SSSR count). The fraction of sp³-hybridized carbons (Fsp3) is 0.667. The van der Waals surface area contributed by atoms with Crippen molar-refractivity contribution in [2.45, 2.75) is 64.1 Å². The molecule has 1 saturated heterocycles. The van der Waals surface area contributed by atoms with Crippen LogP contribution in [0.25, 0.3) is 0 Å². The summed E-state index contributed by atoms with van der Waals surface area (Å²) in [5, 5.41) is 0. The van der Waals surface area contributed by atoms with Gasteiger partial charge in [-0.05, 0) is 71.7 Å². The van der Waals surface area contributed by atoms with E-state index in [4.69, 9.17) is 4.74 Å². The molecule has 1 aliphatic heterocycles. The largest absolute Gasteiger partial charge is 0.443 e. The van der Waals surface area contributed by atoms with Crippen LogP contribution in [0.1, 0.15) is 58.1 Å². The molecule has 2 fully saturated rings. The average Bonchev–Trinajstić information content (AvgIpc) is 3.19. The van der Waals surface area contributed by atoms with E-state index in [9.17, 15) is 4.79 Å². The van der Waals surface area contributed by atoms with E-state index in [2.05, 4.69) is 23.0 Å². The van der Waals surface area contributed by atoms with Crippen LogP contribution in [0.3, 0.4) is 0 Å². The minimum atomic E-state index is -0.489. The minimum Gasteiger partial charge on any atom is -0.443 e. The van der Waals surface area contributed by atoms with Crippen molar-refractivity contribution in [1.29, 1.82) is 0 Å². The van der Waals surface area contributed by atoms with Crippen LogP contribution in [0.2, 0.25) is 0 Å². The van der Waals surface area contributed by atoms with E-state index in [-0.39, 0.29) is 12.1 Å². The zero-order valence-electron chi connectivity index (χ0n) is 14.6. The minimum absolute atomic E-state index is 0.234. The zero-order chi connectivity index (χ0) is 16.6. The van der Waals surface area contributed by atoms with Gasteiger partial charge in [-0.2, -0.15) is 0 Å². The fourth-order valence-electron chi connectivity index (χ4n) is 3.14. The van der Waals surface area contributed by atoms with Crippen molar-refractivity contribution >= 4 is 11.9 Å². The summed E-state index contributed by atoms with van der Waals surface area (Å²) < 4.78 is 5.54. The number of rotatable bonds is 3. The zero-order valence-corrected chi connectivity index (χ0v) is 14.6. The maximum Gasteiger partial charge on any atom is 0.416 e. The number of pyridine rings is 1. The number of carbonyl (C=O) groups excluding carboxylic acids is 1. The summed E-state index contributed by atoms with van der Waals surface area (Å²) in [5.41, 5.74) is 0.741. The van der Waals surface area contributed by atoms with E-state index < -0.39 is 5.60 Å². The van der Waals surface area contributed by atoms with Gasteiger partial charge < -0.3 is 4.74 Å². The predicted molar refractivity (Wildman–Crippen MR) is 90.6 cm³/mol. The summed E-state index contributed by atoms with van der Waals surface area (Å²) >= 11 is 0. The van der Waals surface area contributed by atoms with Gasteiger partial charge in [0.05, 0.1) is 0 Å². The van der Waals surface area contributed by atoms with Crippen LogP contribution < -0.4 is 4.90 Å². The molecule has 1 atom stereocenters. The Morgan fingerprint density at radius 1 is 1.30 bits per heavy atom. The Morgan fingerprint density at radius 3 is 2.52 bits per heavy atom. The number of hydrogen-bond acceptors (Lipinski definition) is 4. The van der Waals surface area contributed by atoms with Gasteiger partial charge in [-0.15, -0.1) is 0 Å². The number of likely N-dealkylation sites (tertiary alicyclic amines) is 1. The van der Waals surface area contributed by atoms with Gasteiger partial charge in [0.25, 0.3) is 0 Å². The molecular formula is C18H27N3O2. The molecule has 1 aromatic heterocycles. The molecule has 23 heavy (non-hydrogen) atoms. The highest BCUT2D eigenvalue weighted by Gasteiger charge is 2.37. The van der Waals surface area contributed by atoms with Gasteiger partial charge in [0.15, 0.2) is 0 Å². The molecule has 1 unspecified atom stereocenters. The molecule has 0 radical (unpaired) electrons. The third-order valence-electron chi connectivity index (χ3n) is 4.42. The third-order valence-corrected chi connectivity index (χ3v) is 4.42. The lowest BCUT2D eigenvalue weighted by Crippen LogP contribution is -2.38. The van der Waals surface area contributed by atoms with Crippen molar-refractivity contribution in [2.24, 2.45) is 0 Å². The average molecular weight is 317 g/mol. The molecule has 0 bridgehead atoms. The molecule has 0 spiro atoms. The maximum atomic E-state index is 12.5. The monoisotopic (exact) mass is 317 g/mol. The first kappa shape index (κ1) is 16.2. The lowest BCUT2D eigenvalue weighted by atomic mass is 10.1. The number of amides is 1. The second kappa shape index (κ2) is 6.11. The number of nitrogens with zero attached hydrogens (tertiary/aromatic N) is 3. The number of anilines is 1. The fourth-order valence-corrected chi connectivity index (χ4v) is 3.14. The van der Waals surface area contributed by atoms with Crippen LogP contribution in [-0.4, -0.2) is 41.2 Å². The second-order valence-corrected chi connectivity index (χ2v) is 7.67. The summed E-state index contributed by atoms with van der Waals surface area (Å²) in [5.74, 6) is 0.700. The molecule has 1 aromatic rings. The van der Waals surface area contributed by atoms with Gasteiger partial charge in [0.1, 0.15) is 11.4 Å². The van der Waals surface area contributed by atoms with E-state index in [0.717, 1.165) is 19.4 Å². The first-order chi connectivity index (χ1) is 10.8. The lowest BCUT2D eigenvalue weighted by Gasteiger charge is -2.27. The van der Waals surface area contributed by atoms with E-state index in [1.54, 1.807) is 4.90 Å². The van der Waals surface area contributed by atoms with Gasteiger partial charge in [-0.1, -0.05) is 6.07 Å². The molecule has 0 aromatic carbocycles. The summed E-state index contributed by atoms with van der Waals surface area (Å²) in [7, 11) is 2.16. The lowest BCUT2D eigenvalue weighted by molar-refractivity contribution is 0.0576. The van der Waals surface area contributed by atoms with Crippen LogP contribution >= 0.6 is 0 Å². The Labute approximate surface area is 138 Å². The molecule has 1 saturated carbocycles. The number of hydrogen-bond donors (Lipinski definition) is 0. The normalized spacial score (nSPS) is 22.2. The van der Waals surface area contributed by atoms with Crippen molar-refractivity contribution in [3.05, 3.63) is 23.9 Å². The molecular weight excluding hydrogens is 290 g/mol. The molecule has 2 heterocycles. The first-order valence-corrected chi connectivity index (χ1v) is 8.53. The predicted octanol–water partition coefficient (Wildman–Crippen LogP) is 3.75. The van der Waals surface area contributed by atoms with Gasteiger partial charge in [0.2, 0.25) is 0 Å². The molecule has 2 aliphatic rings. The summed E-state index contributed by atoms with van der Waals surface area (Å²) in [6.45, 7) is 6.81. The molecule has 0 N–H and O–H groups in total. The number of ether oxygens (including phenoxy) is 1. The Bertz CT molecular complexity index is 561. The highest BCUT2D eigenvalue weighted by Crippen LogP contribution is 2.34. The van der Waals surface area contributed by atoms with Crippen molar-refractivity contribution < 1.29 is 9.53 Å². The van der Waals surface area contributed by atoms with E-state index in [1.807, 2.05) is 33.0 Å². The van der Waals surface area contributed by atoms with Crippen LogP contribution in [0.15, 0.2) is 18.3 Å². The van der Waals surface area contributed by atoms with Crippen LogP contribution in [0, 0.1) is 0 Å². The molecule has 126 valence electrons. The third kappa shape index (κ3) is 3.83. The Balaban J connectivity index is 1.76. The summed E-state index contributed by atoms with van der Waals surface area (Å²) in [6.07, 6.45) is 6.08. The topological polar surface area (TPSA) is 45.7 Å². The maximum absolute atomic E-state index is 12.5. The van der Waals surface area contributed by atoms with E-state index >= 15 is 0 Å². The van der Waals surface area contributed by atoms with Crippen LogP contribution in [-0.2, 0) is 4.74 Å². The Kier molecular flexibility index (Phi) is 4.32. The number of carbonyl (C=O) groups is 1. The van der Waals surface area contributed by atoms with Crippen molar-refractivity contribution in [3.63, 3.8) is 0 Å². The van der Waals surface area contributed by atoms with Crippen molar-refractivity contribution in [2.75, 3.05) is 18.5 Å². The Morgan fingerprint density at radius 2 is 2.04 bits per heavy atom. The SMILES string of the molecule is CN1CCCC1c1ccc(N(C(=O)OC(C)(C)C)C2CC2)nc1. The van der Waals surface area contributed by atoms with Gasteiger partial charge >= 0.3 is 6.09 Å². The van der Waals surface area contributed by atoms with E-state index in [0.29, 0.717) is 11.9 Å².